The predicted octanol–water partition coefficient (Wildman–Crippen LogP) is 3.58. The number of rotatable bonds is 5. The van der Waals surface area contributed by atoms with E-state index in [1.165, 1.54) is 0 Å². The van der Waals surface area contributed by atoms with Gasteiger partial charge < -0.3 is 14.7 Å². The van der Waals surface area contributed by atoms with Crippen molar-refractivity contribution >= 4 is 6.09 Å². The minimum Gasteiger partial charge on any atom is -0.445 e. The second kappa shape index (κ2) is 7.14. The lowest BCUT2D eigenvalue weighted by Crippen LogP contribution is -2.49. The van der Waals surface area contributed by atoms with Crippen molar-refractivity contribution in [2.24, 2.45) is 5.92 Å². The van der Waals surface area contributed by atoms with Crippen LogP contribution in [0.25, 0.3) is 0 Å². The van der Waals surface area contributed by atoms with Gasteiger partial charge in [-0.2, -0.15) is 0 Å². The van der Waals surface area contributed by atoms with Crippen LogP contribution < -0.4 is 0 Å². The Balaban J connectivity index is 2.02. The van der Waals surface area contributed by atoms with Crippen molar-refractivity contribution in [3.8, 4) is 0 Å². The van der Waals surface area contributed by atoms with Crippen LogP contribution in [0.5, 0.6) is 0 Å². The van der Waals surface area contributed by atoms with Crippen molar-refractivity contribution < 1.29 is 14.6 Å². The fourth-order valence-corrected chi connectivity index (χ4v) is 3.13. The molecule has 4 nitrogen and oxygen atoms in total. The van der Waals surface area contributed by atoms with Crippen molar-refractivity contribution in [2.45, 2.75) is 58.3 Å². The smallest absolute Gasteiger partial charge is 0.410 e. The molecule has 0 aromatic heterocycles. The normalized spacial score (nSPS) is 21.6. The molecule has 1 aromatic carbocycles. The van der Waals surface area contributed by atoms with Gasteiger partial charge in [0.2, 0.25) is 0 Å². The second-order valence-electron chi connectivity index (χ2n) is 6.96. The lowest BCUT2D eigenvalue weighted by Gasteiger charge is -2.35. The first-order valence-electron chi connectivity index (χ1n) is 8.06. The van der Waals surface area contributed by atoms with E-state index in [9.17, 15) is 9.90 Å². The standard InChI is InChI=1S/C18H27NO3/c1-14-8-7-11-16(14)19(13-18(2,3)21)17(20)22-12-15-9-5-4-6-10-15/h4-6,9-10,14,16,21H,7-8,11-13H2,1-3H3. The van der Waals surface area contributed by atoms with Crippen molar-refractivity contribution in [3.05, 3.63) is 35.9 Å². The Labute approximate surface area is 133 Å². The molecule has 2 rings (SSSR count). The molecule has 0 spiro atoms. The third-order valence-corrected chi connectivity index (χ3v) is 4.21. The Morgan fingerprint density at radius 1 is 1.32 bits per heavy atom. The van der Waals surface area contributed by atoms with E-state index in [0.717, 1.165) is 24.8 Å². The van der Waals surface area contributed by atoms with Crippen LogP contribution in [0.1, 0.15) is 45.6 Å². The van der Waals surface area contributed by atoms with E-state index in [-0.39, 0.29) is 18.7 Å². The van der Waals surface area contributed by atoms with Gasteiger partial charge in [-0.15, -0.1) is 0 Å². The van der Waals surface area contributed by atoms with Gasteiger partial charge in [0.1, 0.15) is 6.61 Å². The first kappa shape index (κ1) is 16.8. The first-order chi connectivity index (χ1) is 10.4. The third-order valence-electron chi connectivity index (χ3n) is 4.21. The van der Waals surface area contributed by atoms with Crippen LogP contribution in [-0.2, 0) is 11.3 Å². The Bertz CT molecular complexity index is 481. The number of hydrogen-bond acceptors (Lipinski definition) is 3. The van der Waals surface area contributed by atoms with Crippen LogP contribution in [0.4, 0.5) is 4.79 Å². The number of aliphatic hydroxyl groups is 1. The number of carbonyl (C=O) groups is 1. The van der Waals surface area contributed by atoms with E-state index in [2.05, 4.69) is 6.92 Å². The van der Waals surface area contributed by atoms with Gasteiger partial charge in [-0.3, -0.25) is 0 Å². The van der Waals surface area contributed by atoms with E-state index >= 15 is 0 Å². The fourth-order valence-electron chi connectivity index (χ4n) is 3.13. The summed E-state index contributed by atoms with van der Waals surface area (Å²) in [6.07, 6.45) is 2.90. The monoisotopic (exact) mass is 305 g/mol. The average molecular weight is 305 g/mol. The maximum atomic E-state index is 12.5. The van der Waals surface area contributed by atoms with E-state index in [0.29, 0.717) is 12.5 Å². The van der Waals surface area contributed by atoms with Crippen LogP contribution >= 0.6 is 0 Å². The molecule has 0 saturated heterocycles. The van der Waals surface area contributed by atoms with Crippen molar-refractivity contribution in [2.75, 3.05) is 6.54 Å². The average Bonchev–Trinajstić information content (AvgIpc) is 2.88. The molecule has 4 heteroatoms. The van der Waals surface area contributed by atoms with Gasteiger partial charge in [0.25, 0.3) is 0 Å². The van der Waals surface area contributed by atoms with Crippen molar-refractivity contribution in [3.63, 3.8) is 0 Å². The van der Waals surface area contributed by atoms with Crippen molar-refractivity contribution in [1.82, 2.24) is 4.90 Å². The Kier molecular flexibility index (Phi) is 5.46. The summed E-state index contributed by atoms with van der Waals surface area (Å²) >= 11 is 0. The molecule has 0 bridgehead atoms. The highest BCUT2D eigenvalue weighted by Gasteiger charge is 2.35. The summed E-state index contributed by atoms with van der Waals surface area (Å²) in [6, 6.07) is 9.83. The van der Waals surface area contributed by atoms with E-state index < -0.39 is 5.60 Å². The molecule has 1 fully saturated rings. The van der Waals surface area contributed by atoms with Crippen LogP contribution in [0.15, 0.2) is 30.3 Å². The molecule has 2 atom stereocenters. The minimum absolute atomic E-state index is 0.162. The zero-order chi connectivity index (χ0) is 16.2. The Morgan fingerprint density at radius 2 is 2.00 bits per heavy atom. The number of ether oxygens (including phenoxy) is 1. The molecule has 2 unspecified atom stereocenters. The van der Waals surface area contributed by atoms with Crippen LogP contribution in [0.3, 0.4) is 0 Å². The van der Waals surface area contributed by atoms with Gasteiger partial charge in [-0.05, 0) is 38.2 Å². The largest absolute Gasteiger partial charge is 0.445 e. The molecule has 22 heavy (non-hydrogen) atoms. The van der Waals surface area contributed by atoms with E-state index in [1.54, 1.807) is 18.7 Å². The summed E-state index contributed by atoms with van der Waals surface area (Å²) < 4.78 is 5.47. The van der Waals surface area contributed by atoms with Crippen LogP contribution in [0.2, 0.25) is 0 Å². The van der Waals surface area contributed by atoms with Gasteiger partial charge in [0.15, 0.2) is 0 Å². The zero-order valence-corrected chi connectivity index (χ0v) is 13.8. The first-order valence-corrected chi connectivity index (χ1v) is 8.06. The lowest BCUT2D eigenvalue weighted by atomic mass is 10.0. The predicted molar refractivity (Wildman–Crippen MR) is 86.4 cm³/mol. The third kappa shape index (κ3) is 4.73. The number of carbonyl (C=O) groups excluding carboxylic acids is 1. The van der Waals surface area contributed by atoms with Crippen molar-refractivity contribution in [1.29, 1.82) is 0 Å². The second-order valence-corrected chi connectivity index (χ2v) is 6.96. The van der Waals surface area contributed by atoms with Gasteiger partial charge in [0.05, 0.1) is 12.1 Å². The highest BCUT2D eigenvalue weighted by molar-refractivity contribution is 5.68. The van der Waals surface area contributed by atoms with Crippen LogP contribution in [-0.4, -0.2) is 34.3 Å². The quantitative estimate of drug-likeness (QED) is 0.904. The topological polar surface area (TPSA) is 49.8 Å². The summed E-state index contributed by atoms with van der Waals surface area (Å²) in [6.45, 7) is 6.19. The molecule has 1 aromatic rings. The summed E-state index contributed by atoms with van der Waals surface area (Å²) in [7, 11) is 0. The molecule has 1 amide bonds. The number of benzene rings is 1. The van der Waals surface area contributed by atoms with Gasteiger partial charge in [0, 0.05) is 6.04 Å². The molecule has 1 aliphatic rings. The van der Waals surface area contributed by atoms with Gasteiger partial charge in [-0.25, -0.2) is 4.79 Å². The Morgan fingerprint density at radius 3 is 2.55 bits per heavy atom. The lowest BCUT2D eigenvalue weighted by molar-refractivity contribution is 0.00724. The molecule has 0 heterocycles. The summed E-state index contributed by atoms with van der Waals surface area (Å²) in [5, 5.41) is 10.1. The summed E-state index contributed by atoms with van der Waals surface area (Å²) in [4.78, 5) is 14.2. The molecule has 1 N–H and O–H groups in total. The SMILES string of the molecule is CC1CCCC1N(CC(C)(C)O)C(=O)OCc1ccccc1. The van der Waals surface area contributed by atoms with Gasteiger partial charge in [-0.1, -0.05) is 43.7 Å². The highest BCUT2D eigenvalue weighted by Crippen LogP contribution is 2.31. The Hall–Kier alpha value is -1.55. The summed E-state index contributed by atoms with van der Waals surface area (Å²) in [5.74, 6) is 0.451. The molecule has 122 valence electrons. The molecule has 1 aliphatic carbocycles. The summed E-state index contributed by atoms with van der Waals surface area (Å²) in [5.41, 5.74) is 0.0483. The maximum absolute atomic E-state index is 12.5. The number of amides is 1. The molecule has 0 aliphatic heterocycles. The van der Waals surface area contributed by atoms with Crippen LogP contribution in [0, 0.1) is 5.92 Å². The van der Waals surface area contributed by atoms with E-state index in [1.807, 2.05) is 30.3 Å². The number of hydrogen-bond donors (Lipinski definition) is 1. The molecular formula is C18H27NO3. The number of nitrogens with zero attached hydrogens (tertiary/aromatic N) is 1. The zero-order valence-electron chi connectivity index (χ0n) is 13.8. The van der Waals surface area contributed by atoms with Gasteiger partial charge >= 0.3 is 6.09 Å². The molecular weight excluding hydrogens is 278 g/mol. The molecule has 0 radical (unpaired) electrons. The van der Waals surface area contributed by atoms with E-state index in [4.69, 9.17) is 4.74 Å². The minimum atomic E-state index is -0.923. The maximum Gasteiger partial charge on any atom is 0.410 e. The highest BCUT2D eigenvalue weighted by atomic mass is 16.6. The fraction of sp³-hybridized carbons (Fsp3) is 0.611. The molecule has 1 saturated carbocycles.